The van der Waals surface area contributed by atoms with Crippen LogP contribution in [0.25, 0.3) is 0 Å². The Labute approximate surface area is 171 Å². The molecule has 3 heterocycles. The molecule has 7 nitrogen and oxygen atoms in total. The average molecular weight is 390 g/mol. The van der Waals surface area contributed by atoms with Crippen LogP contribution in [0.3, 0.4) is 0 Å². The molecule has 3 aromatic rings. The van der Waals surface area contributed by atoms with Crippen molar-refractivity contribution in [3.05, 3.63) is 59.5 Å². The van der Waals surface area contributed by atoms with Crippen LogP contribution >= 0.6 is 0 Å². The number of hydrogen-bond donors (Lipinski definition) is 1. The summed E-state index contributed by atoms with van der Waals surface area (Å²) in [5.74, 6) is 2.70. The number of benzene rings is 1. The van der Waals surface area contributed by atoms with E-state index in [0.29, 0.717) is 6.04 Å². The zero-order chi connectivity index (χ0) is 20.4. The molecular formula is C22H27N7. The second-order valence-electron chi connectivity index (χ2n) is 7.62. The fourth-order valence-electron chi connectivity index (χ4n) is 3.69. The van der Waals surface area contributed by atoms with Crippen LogP contribution in [0.15, 0.2) is 42.7 Å². The van der Waals surface area contributed by atoms with Gasteiger partial charge in [0.25, 0.3) is 0 Å². The van der Waals surface area contributed by atoms with E-state index < -0.39 is 0 Å². The monoisotopic (exact) mass is 389 g/mol. The van der Waals surface area contributed by atoms with E-state index in [2.05, 4.69) is 56.1 Å². The van der Waals surface area contributed by atoms with Crippen molar-refractivity contribution in [3.8, 4) is 0 Å². The van der Waals surface area contributed by atoms with Gasteiger partial charge < -0.3 is 15.1 Å². The third kappa shape index (κ3) is 3.99. The molecule has 2 aromatic heterocycles. The highest BCUT2D eigenvalue weighted by atomic mass is 15.4. The zero-order valence-corrected chi connectivity index (χ0v) is 17.4. The lowest BCUT2D eigenvalue weighted by Gasteiger charge is -2.41. The molecule has 0 spiro atoms. The maximum Gasteiger partial charge on any atom is 0.156 e. The standard InChI is InChI=1S/C22H27N7/c1-15-12-24-20(13-23-15)29-11-10-28(14-16(29)2)22-18(4)17(3)21(26-27-22)25-19-8-6-5-7-9-19/h5-9,12-13,16H,10-11,14H2,1-4H3,(H,25,26)/t16-/m1/s1. The van der Waals surface area contributed by atoms with Crippen molar-refractivity contribution in [1.82, 2.24) is 20.2 Å². The largest absolute Gasteiger partial charge is 0.351 e. The summed E-state index contributed by atoms with van der Waals surface area (Å²) in [6.07, 6.45) is 3.69. The lowest BCUT2D eigenvalue weighted by Crippen LogP contribution is -2.53. The maximum absolute atomic E-state index is 4.57. The van der Waals surface area contributed by atoms with Gasteiger partial charge in [0.15, 0.2) is 11.6 Å². The molecule has 4 rings (SSSR count). The minimum atomic E-state index is 0.310. The molecule has 1 saturated heterocycles. The third-order valence-electron chi connectivity index (χ3n) is 5.52. The van der Waals surface area contributed by atoms with Crippen LogP contribution < -0.4 is 15.1 Å². The molecule has 1 aliphatic heterocycles. The summed E-state index contributed by atoms with van der Waals surface area (Å²) >= 11 is 0. The van der Waals surface area contributed by atoms with Crippen molar-refractivity contribution in [1.29, 1.82) is 0 Å². The van der Waals surface area contributed by atoms with Gasteiger partial charge in [-0.25, -0.2) is 4.98 Å². The number of para-hydroxylation sites is 1. The molecule has 0 radical (unpaired) electrons. The van der Waals surface area contributed by atoms with Gasteiger partial charge in [0.05, 0.1) is 18.1 Å². The lowest BCUT2D eigenvalue weighted by molar-refractivity contribution is 0.539. The van der Waals surface area contributed by atoms with Crippen molar-refractivity contribution < 1.29 is 0 Å². The van der Waals surface area contributed by atoms with E-state index in [0.717, 1.165) is 59.6 Å². The molecule has 1 aliphatic rings. The second kappa shape index (κ2) is 8.03. The summed E-state index contributed by atoms with van der Waals surface area (Å²) in [6.45, 7) is 11.0. The van der Waals surface area contributed by atoms with Gasteiger partial charge in [-0.2, -0.15) is 0 Å². The number of rotatable bonds is 4. The molecule has 1 fully saturated rings. The van der Waals surface area contributed by atoms with Crippen LogP contribution in [0, 0.1) is 20.8 Å². The van der Waals surface area contributed by atoms with E-state index in [9.17, 15) is 0 Å². The van der Waals surface area contributed by atoms with Gasteiger partial charge in [-0.1, -0.05) is 18.2 Å². The minimum absolute atomic E-state index is 0.310. The second-order valence-corrected chi connectivity index (χ2v) is 7.62. The summed E-state index contributed by atoms with van der Waals surface area (Å²) in [5, 5.41) is 12.4. The summed E-state index contributed by atoms with van der Waals surface area (Å²) in [7, 11) is 0. The first-order chi connectivity index (χ1) is 14.0. The van der Waals surface area contributed by atoms with Gasteiger partial charge in [0.2, 0.25) is 0 Å². The summed E-state index contributed by atoms with van der Waals surface area (Å²) < 4.78 is 0. The zero-order valence-electron chi connectivity index (χ0n) is 17.4. The topological polar surface area (TPSA) is 70.1 Å². The molecule has 0 saturated carbocycles. The van der Waals surface area contributed by atoms with Gasteiger partial charge in [0.1, 0.15) is 5.82 Å². The predicted molar refractivity (Wildman–Crippen MR) is 117 cm³/mol. The summed E-state index contributed by atoms with van der Waals surface area (Å²) in [6, 6.07) is 10.4. The maximum atomic E-state index is 4.57. The first-order valence-electron chi connectivity index (χ1n) is 9.99. The van der Waals surface area contributed by atoms with Crippen LogP contribution in [0.2, 0.25) is 0 Å². The summed E-state index contributed by atoms with van der Waals surface area (Å²) in [4.78, 5) is 13.6. The Morgan fingerprint density at radius 1 is 0.931 bits per heavy atom. The third-order valence-corrected chi connectivity index (χ3v) is 5.52. The van der Waals surface area contributed by atoms with E-state index in [1.807, 2.05) is 49.6 Å². The van der Waals surface area contributed by atoms with Crippen molar-refractivity contribution >= 4 is 23.1 Å². The Hall–Kier alpha value is -3.22. The molecule has 29 heavy (non-hydrogen) atoms. The Balaban J connectivity index is 1.50. The van der Waals surface area contributed by atoms with E-state index in [-0.39, 0.29) is 0 Å². The number of nitrogens with one attached hydrogen (secondary N) is 1. The SMILES string of the molecule is Cc1cnc(N2CCN(c3nnc(Nc4ccccc4)c(C)c3C)C[C@H]2C)cn1. The van der Waals surface area contributed by atoms with Gasteiger partial charge in [0, 0.05) is 42.5 Å². The molecule has 0 unspecified atom stereocenters. The fraction of sp³-hybridized carbons (Fsp3) is 0.364. The minimum Gasteiger partial charge on any atom is -0.351 e. The van der Waals surface area contributed by atoms with Crippen LogP contribution in [0.1, 0.15) is 23.7 Å². The molecular weight excluding hydrogens is 362 g/mol. The predicted octanol–water partition coefficient (Wildman–Crippen LogP) is 3.65. The van der Waals surface area contributed by atoms with E-state index in [1.165, 1.54) is 0 Å². The fourth-order valence-corrected chi connectivity index (χ4v) is 3.69. The van der Waals surface area contributed by atoms with Crippen molar-refractivity contribution in [2.45, 2.75) is 33.7 Å². The first kappa shape index (κ1) is 19.1. The quantitative estimate of drug-likeness (QED) is 0.730. The van der Waals surface area contributed by atoms with Crippen LogP contribution in [0.4, 0.5) is 23.1 Å². The highest BCUT2D eigenvalue weighted by Gasteiger charge is 2.27. The molecule has 1 atom stereocenters. The number of hydrogen-bond acceptors (Lipinski definition) is 7. The first-order valence-corrected chi connectivity index (χ1v) is 9.99. The number of anilines is 4. The van der Waals surface area contributed by atoms with Crippen LogP contribution in [-0.2, 0) is 0 Å². The Morgan fingerprint density at radius 2 is 1.72 bits per heavy atom. The van der Waals surface area contributed by atoms with E-state index in [4.69, 9.17) is 0 Å². The van der Waals surface area contributed by atoms with Gasteiger partial charge in [-0.15, -0.1) is 10.2 Å². The highest BCUT2D eigenvalue weighted by molar-refractivity contribution is 5.64. The van der Waals surface area contributed by atoms with Gasteiger partial charge in [-0.3, -0.25) is 4.98 Å². The number of piperazine rings is 1. The van der Waals surface area contributed by atoms with Gasteiger partial charge in [-0.05, 0) is 39.8 Å². The number of aryl methyl sites for hydroxylation is 1. The Kier molecular flexibility index (Phi) is 5.29. The van der Waals surface area contributed by atoms with Crippen molar-refractivity contribution in [2.75, 3.05) is 34.8 Å². The van der Waals surface area contributed by atoms with Crippen LogP contribution in [-0.4, -0.2) is 45.8 Å². The molecule has 0 bridgehead atoms. The Morgan fingerprint density at radius 3 is 2.41 bits per heavy atom. The van der Waals surface area contributed by atoms with Crippen LogP contribution in [0.5, 0.6) is 0 Å². The number of nitrogens with zero attached hydrogens (tertiary/aromatic N) is 6. The molecule has 150 valence electrons. The Bertz CT molecular complexity index is 972. The molecule has 7 heteroatoms. The molecule has 0 aliphatic carbocycles. The van der Waals surface area contributed by atoms with E-state index in [1.54, 1.807) is 0 Å². The van der Waals surface area contributed by atoms with Crippen molar-refractivity contribution in [2.24, 2.45) is 0 Å². The summed E-state index contributed by atoms with van der Waals surface area (Å²) in [5.41, 5.74) is 4.23. The normalized spacial score (nSPS) is 16.8. The van der Waals surface area contributed by atoms with Crippen molar-refractivity contribution in [3.63, 3.8) is 0 Å². The smallest absolute Gasteiger partial charge is 0.156 e. The molecule has 0 amide bonds. The lowest BCUT2D eigenvalue weighted by atomic mass is 10.1. The number of aromatic nitrogens is 4. The van der Waals surface area contributed by atoms with Gasteiger partial charge >= 0.3 is 0 Å². The van der Waals surface area contributed by atoms with E-state index >= 15 is 0 Å². The average Bonchev–Trinajstić information content (AvgIpc) is 2.73. The molecule has 1 N–H and O–H groups in total. The molecule has 1 aromatic carbocycles. The highest BCUT2D eigenvalue weighted by Crippen LogP contribution is 2.28.